The molecule has 11 heteroatoms. The van der Waals surface area contributed by atoms with Crippen LogP contribution < -0.4 is 10.0 Å². The van der Waals surface area contributed by atoms with Crippen molar-refractivity contribution in [1.82, 2.24) is 19.2 Å². The summed E-state index contributed by atoms with van der Waals surface area (Å²) in [5, 5.41) is 6.01. The Balaban J connectivity index is 1.67. The number of rotatable bonds is 6. The zero-order valence-corrected chi connectivity index (χ0v) is 18.2. The van der Waals surface area contributed by atoms with Gasteiger partial charge in [0.1, 0.15) is 5.82 Å². The molecule has 1 aromatic carbocycles. The van der Waals surface area contributed by atoms with Crippen molar-refractivity contribution in [3.63, 3.8) is 0 Å². The Kier molecular flexibility index (Phi) is 6.86. The molecule has 2 heterocycles. The summed E-state index contributed by atoms with van der Waals surface area (Å²) in [6, 6.07) is 6.76. The number of nitrogens with one attached hydrogen (secondary N) is 2. The third kappa shape index (κ3) is 5.04. The number of hydrogen-bond donors (Lipinski definition) is 2. The van der Waals surface area contributed by atoms with E-state index >= 15 is 0 Å². The normalized spacial score (nSPS) is 20.1. The van der Waals surface area contributed by atoms with Crippen LogP contribution in [-0.2, 0) is 10.2 Å². The third-order valence-corrected chi connectivity index (χ3v) is 7.34. The molecule has 2 unspecified atom stereocenters. The average Bonchev–Trinajstić information content (AvgIpc) is 3.24. The van der Waals surface area contributed by atoms with Crippen LogP contribution in [0.3, 0.4) is 0 Å². The van der Waals surface area contributed by atoms with Crippen molar-refractivity contribution in [3.05, 3.63) is 58.0 Å². The van der Waals surface area contributed by atoms with E-state index in [0.29, 0.717) is 19.4 Å². The monoisotopic (exact) mass is 454 g/mol. The highest BCUT2D eigenvalue weighted by Crippen LogP contribution is 2.21. The predicted octanol–water partition coefficient (Wildman–Crippen LogP) is 1.64. The molecule has 0 spiro atoms. The maximum Gasteiger partial charge on any atom is 0.304 e. The van der Waals surface area contributed by atoms with E-state index in [1.807, 2.05) is 4.90 Å². The fourth-order valence-electron chi connectivity index (χ4n) is 3.28. The molecule has 0 radical (unpaired) electrons. The topological polar surface area (TPSA) is 98.8 Å². The lowest BCUT2D eigenvalue weighted by Crippen LogP contribution is -2.57. The number of piperidine rings is 1. The Labute approximate surface area is 178 Å². The molecule has 2 amide bonds. The minimum absolute atomic E-state index is 0.0722. The Hall–Kier alpha value is -2.34. The Morgan fingerprint density at radius 1 is 1.23 bits per heavy atom. The van der Waals surface area contributed by atoms with Crippen LogP contribution in [0.2, 0.25) is 0 Å². The first-order valence-corrected chi connectivity index (χ1v) is 11.7. The molecule has 8 nitrogen and oxygen atoms in total. The summed E-state index contributed by atoms with van der Waals surface area (Å²) in [6.07, 6.45) is 0.328. The van der Waals surface area contributed by atoms with Crippen LogP contribution in [0.5, 0.6) is 0 Å². The van der Waals surface area contributed by atoms with Gasteiger partial charge in [0.25, 0.3) is 11.8 Å². The Bertz CT molecular complexity index is 1010. The molecule has 1 saturated heterocycles. The van der Waals surface area contributed by atoms with Gasteiger partial charge in [-0.15, -0.1) is 0 Å². The Morgan fingerprint density at radius 3 is 2.63 bits per heavy atom. The smallest absolute Gasteiger partial charge is 0.304 e. The number of benzene rings is 1. The van der Waals surface area contributed by atoms with Crippen LogP contribution in [0.15, 0.2) is 41.1 Å². The van der Waals surface area contributed by atoms with E-state index in [2.05, 4.69) is 10.0 Å². The number of carbonyl (C=O) groups is 2. The van der Waals surface area contributed by atoms with Gasteiger partial charge in [-0.25, -0.2) is 9.11 Å². The van der Waals surface area contributed by atoms with Crippen LogP contribution >= 0.6 is 11.3 Å². The zero-order chi connectivity index (χ0) is 21.9. The van der Waals surface area contributed by atoms with E-state index < -0.39 is 40.0 Å². The van der Waals surface area contributed by atoms with E-state index in [-0.39, 0.29) is 11.1 Å². The van der Waals surface area contributed by atoms with Crippen molar-refractivity contribution in [3.8, 4) is 0 Å². The summed E-state index contributed by atoms with van der Waals surface area (Å²) in [5.41, 5.74) is 0.201. The summed E-state index contributed by atoms with van der Waals surface area (Å²) < 4.78 is 42.4. The van der Waals surface area contributed by atoms with Gasteiger partial charge < -0.3 is 5.32 Å². The van der Waals surface area contributed by atoms with Crippen molar-refractivity contribution in [2.45, 2.75) is 25.0 Å². The van der Waals surface area contributed by atoms with E-state index in [0.717, 1.165) is 4.31 Å². The molecule has 2 atom stereocenters. The van der Waals surface area contributed by atoms with Crippen molar-refractivity contribution in [1.29, 1.82) is 0 Å². The van der Waals surface area contributed by atoms with Gasteiger partial charge in [0.05, 0.1) is 17.3 Å². The van der Waals surface area contributed by atoms with E-state index in [1.165, 1.54) is 36.6 Å². The lowest BCUT2D eigenvalue weighted by molar-refractivity contribution is 0.0745. The molecule has 2 N–H and O–H groups in total. The maximum absolute atomic E-state index is 13.9. The number of thiophene rings is 1. The highest BCUT2D eigenvalue weighted by molar-refractivity contribution is 7.87. The second-order valence-corrected chi connectivity index (χ2v) is 9.60. The number of hydrogen-bond acceptors (Lipinski definition) is 6. The summed E-state index contributed by atoms with van der Waals surface area (Å²) in [4.78, 5) is 26.5. The lowest BCUT2D eigenvalue weighted by atomic mass is 10.0. The molecule has 30 heavy (non-hydrogen) atoms. The van der Waals surface area contributed by atoms with Crippen molar-refractivity contribution in [2.24, 2.45) is 0 Å². The minimum atomic E-state index is -4.07. The molecule has 0 aliphatic carbocycles. The highest BCUT2D eigenvalue weighted by Gasteiger charge is 2.35. The molecule has 0 saturated carbocycles. The molecule has 2 aromatic rings. The molecule has 0 bridgehead atoms. The van der Waals surface area contributed by atoms with Crippen LogP contribution in [0, 0.1) is 5.82 Å². The van der Waals surface area contributed by atoms with Crippen molar-refractivity contribution < 1.29 is 22.4 Å². The summed E-state index contributed by atoms with van der Waals surface area (Å²) in [7, 11) is -0.867. The Morgan fingerprint density at radius 2 is 1.97 bits per heavy atom. The van der Waals surface area contributed by atoms with Gasteiger partial charge in [0.2, 0.25) is 0 Å². The molecule has 1 aliphatic rings. The second-order valence-electron chi connectivity index (χ2n) is 7.09. The minimum Gasteiger partial charge on any atom is -0.336 e. The third-order valence-electron chi connectivity index (χ3n) is 5.16. The quantitative estimate of drug-likeness (QED) is 0.692. The van der Waals surface area contributed by atoms with Gasteiger partial charge in [-0.05, 0) is 43.5 Å². The van der Waals surface area contributed by atoms with Crippen molar-refractivity contribution in [2.75, 3.05) is 20.6 Å². The van der Waals surface area contributed by atoms with E-state index in [4.69, 9.17) is 0 Å². The van der Waals surface area contributed by atoms with Crippen LogP contribution in [-0.4, -0.2) is 62.3 Å². The summed E-state index contributed by atoms with van der Waals surface area (Å²) in [6.45, 7) is 0.519. The number of amides is 2. The first kappa shape index (κ1) is 22.3. The van der Waals surface area contributed by atoms with Gasteiger partial charge in [-0.3, -0.25) is 14.5 Å². The van der Waals surface area contributed by atoms with E-state index in [1.54, 1.807) is 29.9 Å². The van der Waals surface area contributed by atoms with Gasteiger partial charge in [-0.1, -0.05) is 12.1 Å². The van der Waals surface area contributed by atoms with Gasteiger partial charge in [0, 0.05) is 25.0 Å². The number of carbonyl (C=O) groups excluding carboxylic acids is 2. The number of nitrogens with zero attached hydrogens (tertiary/aromatic N) is 2. The van der Waals surface area contributed by atoms with Crippen LogP contribution in [0.1, 0.15) is 33.6 Å². The van der Waals surface area contributed by atoms with Crippen LogP contribution in [0.25, 0.3) is 0 Å². The first-order chi connectivity index (χ1) is 14.2. The highest BCUT2D eigenvalue weighted by atomic mass is 32.2. The molecule has 162 valence electrons. The molecule has 3 rings (SSSR count). The number of likely N-dealkylation sites (tertiary alicyclic amines) is 1. The standard InChI is InChI=1S/C19H23FN4O4S2/c1-23-9-7-14(11-17(23)21-19(26)15-5-3-4-6-16(15)20)24(2)30(27,28)22-18(25)13-8-10-29-12-13/h3-6,8,10,12,14,17H,7,9,11H2,1-2H3,(H,21,26)(H,22,25). The largest absolute Gasteiger partial charge is 0.336 e. The van der Waals surface area contributed by atoms with Crippen LogP contribution in [0.4, 0.5) is 4.39 Å². The van der Waals surface area contributed by atoms with Gasteiger partial charge >= 0.3 is 10.2 Å². The fraction of sp³-hybridized carbons (Fsp3) is 0.368. The molecule has 1 fully saturated rings. The SMILES string of the molecule is CN1CCC(N(C)S(=O)(=O)NC(=O)c2ccsc2)CC1NC(=O)c1ccccc1F. The lowest BCUT2D eigenvalue weighted by Gasteiger charge is -2.40. The summed E-state index contributed by atoms with van der Waals surface area (Å²) in [5.74, 6) is -1.89. The first-order valence-electron chi connectivity index (χ1n) is 9.27. The molecule has 1 aliphatic heterocycles. The summed E-state index contributed by atoms with van der Waals surface area (Å²) >= 11 is 1.29. The maximum atomic E-state index is 13.9. The zero-order valence-electron chi connectivity index (χ0n) is 16.5. The second kappa shape index (κ2) is 9.21. The molecule has 1 aromatic heterocycles. The fourth-order valence-corrected chi connectivity index (χ4v) is 4.99. The molecular formula is C19H23FN4O4S2. The molecular weight excluding hydrogens is 431 g/mol. The predicted molar refractivity (Wildman–Crippen MR) is 112 cm³/mol. The van der Waals surface area contributed by atoms with Crippen molar-refractivity contribution >= 4 is 33.4 Å². The van der Waals surface area contributed by atoms with Gasteiger partial charge in [0.15, 0.2) is 0 Å². The average molecular weight is 455 g/mol. The van der Waals surface area contributed by atoms with Gasteiger partial charge in [-0.2, -0.15) is 24.1 Å². The number of halogens is 1. The van der Waals surface area contributed by atoms with E-state index in [9.17, 15) is 22.4 Å².